The summed E-state index contributed by atoms with van der Waals surface area (Å²) in [5.41, 5.74) is 2.48. The minimum atomic E-state index is 0. The van der Waals surface area contributed by atoms with Crippen LogP contribution in [-0.4, -0.2) is 56.1 Å². The van der Waals surface area contributed by atoms with E-state index in [1.54, 1.807) is 18.4 Å². The smallest absolute Gasteiger partial charge is 0.191 e. The summed E-state index contributed by atoms with van der Waals surface area (Å²) in [6.45, 7) is 5.75. The summed E-state index contributed by atoms with van der Waals surface area (Å²) in [4.78, 5) is 13.5. The molecule has 0 unspecified atom stereocenters. The van der Waals surface area contributed by atoms with E-state index in [4.69, 9.17) is 0 Å². The number of hydrogen-bond acceptors (Lipinski definition) is 5. The topological polar surface area (TPSA) is 55.8 Å². The number of anilines is 1. The Balaban J connectivity index is 0.00000243. The van der Waals surface area contributed by atoms with Gasteiger partial charge in [-0.1, -0.05) is 0 Å². The third kappa shape index (κ3) is 6.10. The third-order valence-corrected chi connectivity index (χ3v) is 5.09. The second-order valence-corrected chi connectivity index (χ2v) is 7.00. The molecule has 1 aliphatic heterocycles. The largest absolute Gasteiger partial charge is 0.354 e. The quantitative estimate of drug-likeness (QED) is 0.386. The molecule has 0 amide bonds. The Hall–Kier alpha value is -1.39. The van der Waals surface area contributed by atoms with E-state index in [1.165, 1.54) is 11.1 Å². The van der Waals surface area contributed by atoms with E-state index >= 15 is 0 Å². The predicted molar refractivity (Wildman–Crippen MR) is 121 cm³/mol. The Kier molecular flexibility index (Phi) is 8.60. The minimum absolute atomic E-state index is 0. The Labute approximate surface area is 176 Å². The second kappa shape index (κ2) is 10.7. The van der Waals surface area contributed by atoms with Crippen molar-refractivity contribution in [3.63, 3.8) is 0 Å². The van der Waals surface area contributed by atoms with Crippen molar-refractivity contribution >= 4 is 47.1 Å². The minimum Gasteiger partial charge on any atom is -0.354 e. The van der Waals surface area contributed by atoms with Crippen molar-refractivity contribution in [3.05, 3.63) is 46.3 Å². The van der Waals surface area contributed by atoms with Gasteiger partial charge in [0.05, 0.1) is 0 Å². The van der Waals surface area contributed by atoms with Crippen LogP contribution in [0.1, 0.15) is 11.1 Å². The molecule has 2 aromatic heterocycles. The van der Waals surface area contributed by atoms with Crippen LogP contribution in [0.3, 0.4) is 0 Å². The summed E-state index contributed by atoms with van der Waals surface area (Å²) in [5.74, 6) is 1.87. The highest BCUT2D eigenvalue weighted by Crippen LogP contribution is 2.14. The van der Waals surface area contributed by atoms with Crippen molar-refractivity contribution in [1.29, 1.82) is 0 Å². The van der Waals surface area contributed by atoms with Gasteiger partial charge in [-0.2, -0.15) is 11.3 Å². The number of nitrogens with zero attached hydrogens (tertiary/aromatic N) is 4. The molecular formula is C18H27IN6S. The average Bonchev–Trinajstić information content (AvgIpc) is 3.16. The molecule has 0 atom stereocenters. The van der Waals surface area contributed by atoms with Crippen LogP contribution in [0, 0.1) is 0 Å². The highest BCUT2D eigenvalue weighted by atomic mass is 127. The van der Waals surface area contributed by atoms with Gasteiger partial charge in [0.15, 0.2) is 5.96 Å². The molecule has 0 bridgehead atoms. The number of likely N-dealkylation sites (N-methyl/N-ethyl adjacent to an activating group) is 1. The Morgan fingerprint density at radius 1 is 1.15 bits per heavy atom. The second-order valence-electron chi connectivity index (χ2n) is 6.22. The van der Waals surface area contributed by atoms with Gasteiger partial charge in [0.25, 0.3) is 0 Å². The van der Waals surface area contributed by atoms with Gasteiger partial charge in [-0.25, -0.2) is 4.98 Å². The Bertz CT molecular complexity index is 683. The number of aliphatic imine (C=N–C) groups is 1. The Morgan fingerprint density at radius 2 is 1.88 bits per heavy atom. The number of rotatable bonds is 5. The zero-order valence-corrected chi connectivity index (χ0v) is 18.5. The van der Waals surface area contributed by atoms with Gasteiger partial charge < -0.3 is 20.4 Å². The van der Waals surface area contributed by atoms with E-state index in [9.17, 15) is 0 Å². The highest BCUT2D eigenvalue weighted by Gasteiger charge is 2.15. The van der Waals surface area contributed by atoms with Crippen molar-refractivity contribution in [2.75, 3.05) is 45.2 Å². The predicted octanol–water partition coefficient (Wildman–Crippen LogP) is 2.38. The molecule has 2 N–H and O–H groups in total. The molecule has 1 fully saturated rings. The lowest BCUT2D eigenvalue weighted by Crippen LogP contribution is -2.44. The van der Waals surface area contributed by atoms with Crippen molar-refractivity contribution in [2.45, 2.75) is 13.1 Å². The summed E-state index contributed by atoms with van der Waals surface area (Å²) in [7, 11) is 3.96. The molecule has 3 heterocycles. The molecular weight excluding hydrogens is 459 g/mol. The molecule has 0 radical (unpaired) electrons. The molecule has 2 aromatic rings. The van der Waals surface area contributed by atoms with Crippen LogP contribution in [0.4, 0.5) is 5.82 Å². The number of nitrogens with one attached hydrogen (secondary N) is 2. The van der Waals surface area contributed by atoms with Crippen LogP contribution < -0.4 is 15.5 Å². The van der Waals surface area contributed by atoms with Gasteiger partial charge in [0.1, 0.15) is 5.82 Å². The normalized spacial score (nSPS) is 15.5. The van der Waals surface area contributed by atoms with E-state index in [2.05, 4.69) is 66.4 Å². The first-order valence-electron chi connectivity index (χ1n) is 8.58. The van der Waals surface area contributed by atoms with Crippen molar-refractivity contribution in [1.82, 2.24) is 20.5 Å². The summed E-state index contributed by atoms with van der Waals surface area (Å²) in [6, 6.07) is 6.35. The van der Waals surface area contributed by atoms with Crippen LogP contribution in [0.5, 0.6) is 0 Å². The van der Waals surface area contributed by atoms with E-state index in [-0.39, 0.29) is 24.0 Å². The van der Waals surface area contributed by atoms with Gasteiger partial charge in [0.2, 0.25) is 0 Å². The van der Waals surface area contributed by atoms with Gasteiger partial charge in [0, 0.05) is 52.5 Å². The fraction of sp³-hybridized carbons (Fsp3) is 0.444. The van der Waals surface area contributed by atoms with Crippen molar-refractivity contribution < 1.29 is 0 Å². The standard InChI is InChI=1S/C18H26N6S.HI/c1-19-18(22-13-16-4-10-25-14-16)21-12-15-3-5-20-17(11-15)24-8-6-23(2)7-9-24;/h3-5,10-11,14H,6-9,12-13H2,1-2H3,(H2,19,21,22);1H. The number of halogens is 1. The van der Waals surface area contributed by atoms with Gasteiger partial charge in [-0.3, -0.25) is 4.99 Å². The highest BCUT2D eigenvalue weighted by molar-refractivity contribution is 14.0. The Morgan fingerprint density at radius 3 is 2.54 bits per heavy atom. The van der Waals surface area contributed by atoms with Crippen LogP contribution >= 0.6 is 35.3 Å². The van der Waals surface area contributed by atoms with E-state index < -0.39 is 0 Å². The first kappa shape index (κ1) is 20.9. The third-order valence-electron chi connectivity index (χ3n) is 4.36. The number of piperazine rings is 1. The molecule has 0 saturated carbocycles. The number of pyridine rings is 1. The molecule has 142 valence electrons. The zero-order chi connectivity index (χ0) is 17.5. The molecule has 0 spiro atoms. The van der Waals surface area contributed by atoms with Crippen LogP contribution in [-0.2, 0) is 13.1 Å². The lowest BCUT2D eigenvalue weighted by molar-refractivity contribution is 0.312. The SMILES string of the molecule is CN=C(NCc1ccsc1)NCc1ccnc(N2CCN(C)CC2)c1.I. The molecule has 1 aliphatic rings. The monoisotopic (exact) mass is 486 g/mol. The fourth-order valence-electron chi connectivity index (χ4n) is 2.76. The van der Waals surface area contributed by atoms with Crippen molar-refractivity contribution in [2.24, 2.45) is 4.99 Å². The van der Waals surface area contributed by atoms with E-state index in [1.807, 2.05) is 6.20 Å². The maximum atomic E-state index is 4.54. The maximum absolute atomic E-state index is 4.54. The van der Waals surface area contributed by atoms with Crippen LogP contribution in [0.15, 0.2) is 40.1 Å². The first-order chi connectivity index (χ1) is 12.2. The lowest BCUT2D eigenvalue weighted by atomic mass is 10.2. The molecule has 0 aromatic carbocycles. The average molecular weight is 486 g/mol. The fourth-order valence-corrected chi connectivity index (χ4v) is 3.43. The zero-order valence-electron chi connectivity index (χ0n) is 15.3. The lowest BCUT2D eigenvalue weighted by Gasteiger charge is -2.33. The summed E-state index contributed by atoms with van der Waals surface area (Å²) in [6.07, 6.45) is 1.90. The number of thiophene rings is 1. The molecule has 6 nitrogen and oxygen atoms in total. The maximum Gasteiger partial charge on any atom is 0.191 e. The van der Waals surface area contributed by atoms with Gasteiger partial charge in [-0.05, 0) is 47.1 Å². The molecule has 0 aliphatic carbocycles. The van der Waals surface area contributed by atoms with Crippen LogP contribution in [0.25, 0.3) is 0 Å². The van der Waals surface area contributed by atoms with Gasteiger partial charge >= 0.3 is 0 Å². The number of guanidine groups is 1. The van der Waals surface area contributed by atoms with Crippen LogP contribution in [0.2, 0.25) is 0 Å². The van der Waals surface area contributed by atoms with E-state index in [0.717, 1.165) is 51.0 Å². The first-order valence-corrected chi connectivity index (χ1v) is 9.53. The van der Waals surface area contributed by atoms with Crippen molar-refractivity contribution in [3.8, 4) is 0 Å². The number of aromatic nitrogens is 1. The van der Waals surface area contributed by atoms with E-state index in [0.29, 0.717) is 0 Å². The molecule has 8 heteroatoms. The summed E-state index contributed by atoms with van der Waals surface area (Å²) in [5, 5.41) is 10.9. The summed E-state index contributed by atoms with van der Waals surface area (Å²) < 4.78 is 0. The molecule has 3 rings (SSSR count). The molecule has 26 heavy (non-hydrogen) atoms. The molecule has 1 saturated heterocycles. The number of hydrogen-bond donors (Lipinski definition) is 2. The van der Waals surface area contributed by atoms with Gasteiger partial charge in [-0.15, -0.1) is 24.0 Å². The summed E-state index contributed by atoms with van der Waals surface area (Å²) >= 11 is 1.71.